The molecule has 1 aliphatic rings. The molecule has 0 saturated carbocycles. The van der Waals surface area contributed by atoms with Gasteiger partial charge in [0.1, 0.15) is 5.69 Å². The highest BCUT2D eigenvalue weighted by Crippen LogP contribution is 2.20. The Hall–Kier alpha value is -2.27. The van der Waals surface area contributed by atoms with E-state index in [0.717, 1.165) is 37.7 Å². The number of anilines is 1. The van der Waals surface area contributed by atoms with Crippen molar-refractivity contribution in [2.24, 2.45) is 0 Å². The van der Waals surface area contributed by atoms with Gasteiger partial charge < -0.3 is 19.3 Å². The molecule has 1 fully saturated rings. The third-order valence-electron chi connectivity index (χ3n) is 3.47. The number of carbonyl (C=O) groups is 1. The number of carboxylic acid groups (broad SMARTS) is 1. The number of rotatable bonds is 3. The Kier molecular flexibility index (Phi) is 3.43. The first-order valence-corrected chi connectivity index (χ1v) is 6.59. The Balaban J connectivity index is 1.85. The van der Waals surface area contributed by atoms with Gasteiger partial charge in [0.15, 0.2) is 0 Å². The van der Waals surface area contributed by atoms with E-state index in [0.29, 0.717) is 0 Å². The van der Waals surface area contributed by atoms with Gasteiger partial charge in [0, 0.05) is 30.7 Å². The maximum atomic E-state index is 11.1. The average Bonchev–Trinajstić information content (AvgIpc) is 2.98. The molecule has 1 aromatic heterocycles. The number of nitrogens with zero attached hydrogens (tertiary/aromatic N) is 2. The van der Waals surface area contributed by atoms with Crippen LogP contribution in [0, 0.1) is 0 Å². The lowest BCUT2D eigenvalue weighted by Gasteiger charge is -2.29. The van der Waals surface area contributed by atoms with Crippen LogP contribution < -0.4 is 4.90 Å². The van der Waals surface area contributed by atoms with E-state index in [1.54, 1.807) is 22.9 Å². The maximum absolute atomic E-state index is 11.1. The van der Waals surface area contributed by atoms with Crippen molar-refractivity contribution < 1.29 is 14.6 Å². The fourth-order valence-electron chi connectivity index (χ4n) is 2.43. The molecule has 1 aromatic carbocycles. The molecule has 0 radical (unpaired) electrons. The lowest BCUT2D eigenvalue weighted by Crippen LogP contribution is -2.36. The number of hydrogen-bond acceptors (Lipinski definition) is 3. The number of aromatic nitrogens is 1. The summed E-state index contributed by atoms with van der Waals surface area (Å²) in [5, 5.41) is 9.13. The molecule has 0 atom stereocenters. The summed E-state index contributed by atoms with van der Waals surface area (Å²) in [6.45, 7) is 3.29. The number of carboxylic acids is 1. The van der Waals surface area contributed by atoms with Gasteiger partial charge in [-0.1, -0.05) is 0 Å². The number of aromatic carboxylic acids is 1. The van der Waals surface area contributed by atoms with Crippen LogP contribution in [0.4, 0.5) is 5.69 Å². The molecule has 0 bridgehead atoms. The molecule has 104 valence electrons. The minimum absolute atomic E-state index is 0.268. The summed E-state index contributed by atoms with van der Waals surface area (Å²) in [5.41, 5.74) is 2.26. The predicted octanol–water partition coefficient (Wildman–Crippen LogP) is 2.01. The van der Waals surface area contributed by atoms with Crippen LogP contribution in [-0.4, -0.2) is 41.9 Å². The molecule has 1 N–H and O–H groups in total. The van der Waals surface area contributed by atoms with Crippen molar-refractivity contribution in [2.75, 3.05) is 31.2 Å². The van der Waals surface area contributed by atoms with Gasteiger partial charge in [-0.05, 0) is 36.4 Å². The molecule has 2 heterocycles. The van der Waals surface area contributed by atoms with Gasteiger partial charge in [0.2, 0.25) is 0 Å². The molecular formula is C15H16N2O3. The smallest absolute Gasteiger partial charge is 0.352 e. The second-order valence-electron chi connectivity index (χ2n) is 4.68. The molecule has 5 heteroatoms. The van der Waals surface area contributed by atoms with Crippen LogP contribution in [0.5, 0.6) is 0 Å². The Bertz CT molecular complexity index is 598. The standard InChI is InChI=1S/C15H16N2O3/c18-15(19)14-2-1-7-17(14)13-5-3-12(4-6-13)16-8-10-20-11-9-16/h1-7H,8-11H2,(H,18,19). The Labute approximate surface area is 117 Å². The highest BCUT2D eigenvalue weighted by molar-refractivity contribution is 5.86. The zero-order chi connectivity index (χ0) is 13.9. The van der Waals surface area contributed by atoms with Crippen LogP contribution >= 0.6 is 0 Å². The molecule has 0 aliphatic carbocycles. The molecule has 1 aliphatic heterocycles. The highest BCUT2D eigenvalue weighted by Gasteiger charge is 2.13. The molecule has 3 rings (SSSR count). The van der Waals surface area contributed by atoms with E-state index in [-0.39, 0.29) is 5.69 Å². The van der Waals surface area contributed by atoms with Crippen molar-refractivity contribution in [1.82, 2.24) is 4.57 Å². The van der Waals surface area contributed by atoms with Gasteiger partial charge >= 0.3 is 5.97 Å². The fraction of sp³-hybridized carbons (Fsp3) is 0.267. The fourth-order valence-corrected chi connectivity index (χ4v) is 2.43. The predicted molar refractivity (Wildman–Crippen MR) is 75.8 cm³/mol. The molecular weight excluding hydrogens is 256 g/mol. The van der Waals surface area contributed by atoms with Gasteiger partial charge in [0.25, 0.3) is 0 Å². The summed E-state index contributed by atoms with van der Waals surface area (Å²) < 4.78 is 7.01. The van der Waals surface area contributed by atoms with Crippen molar-refractivity contribution in [3.8, 4) is 5.69 Å². The zero-order valence-electron chi connectivity index (χ0n) is 11.0. The van der Waals surface area contributed by atoms with Crippen LogP contribution in [-0.2, 0) is 4.74 Å². The lowest BCUT2D eigenvalue weighted by molar-refractivity contribution is 0.0688. The normalized spacial score (nSPS) is 15.3. The van der Waals surface area contributed by atoms with E-state index in [1.165, 1.54) is 0 Å². The first-order valence-electron chi connectivity index (χ1n) is 6.59. The van der Waals surface area contributed by atoms with E-state index < -0.39 is 5.97 Å². The molecule has 1 saturated heterocycles. The van der Waals surface area contributed by atoms with E-state index in [9.17, 15) is 4.79 Å². The largest absolute Gasteiger partial charge is 0.477 e. The van der Waals surface area contributed by atoms with E-state index in [2.05, 4.69) is 4.90 Å². The second kappa shape index (κ2) is 5.38. The third kappa shape index (κ3) is 2.40. The summed E-state index contributed by atoms with van der Waals surface area (Å²) in [6.07, 6.45) is 1.76. The van der Waals surface area contributed by atoms with E-state index >= 15 is 0 Å². The molecule has 20 heavy (non-hydrogen) atoms. The molecule has 2 aromatic rings. The van der Waals surface area contributed by atoms with E-state index in [1.807, 2.05) is 24.3 Å². The summed E-state index contributed by atoms with van der Waals surface area (Å²) in [6, 6.07) is 11.3. The van der Waals surface area contributed by atoms with Gasteiger partial charge in [-0.15, -0.1) is 0 Å². The summed E-state index contributed by atoms with van der Waals surface area (Å²) >= 11 is 0. The van der Waals surface area contributed by atoms with Gasteiger partial charge in [-0.25, -0.2) is 4.79 Å². The highest BCUT2D eigenvalue weighted by atomic mass is 16.5. The van der Waals surface area contributed by atoms with Crippen LogP contribution in [0.25, 0.3) is 5.69 Å². The van der Waals surface area contributed by atoms with Crippen LogP contribution in [0.3, 0.4) is 0 Å². The minimum Gasteiger partial charge on any atom is -0.477 e. The SMILES string of the molecule is O=C(O)c1cccn1-c1ccc(N2CCOCC2)cc1. The molecule has 5 nitrogen and oxygen atoms in total. The van der Waals surface area contributed by atoms with Crippen LogP contribution in [0.15, 0.2) is 42.6 Å². The Morgan fingerprint density at radius 1 is 1.05 bits per heavy atom. The van der Waals surface area contributed by atoms with E-state index in [4.69, 9.17) is 9.84 Å². The van der Waals surface area contributed by atoms with Crippen molar-refractivity contribution in [2.45, 2.75) is 0 Å². The quantitative estimate of drug-likeness (QED) is 0.928. The Morgan fingerprint density at radius 2 is 1.70 bits per heavy atom. The van der Waals surface area contributed by atoms with Crippen LogP contribution in [0.2, 0.25) is 0 Å². The summed E-state index contributed by atoms with van der Waals surface area (Å²) in [7, 11) is 0. The number of morpholine rings is 1. The number of ether oxygens (including phenoxy) is 1. The average molecular weight is 272 g/mol. The summed E-state index contributed by atoms with van der Waals surface area (Å²) in [4.78, 5) is 13.4. The lowest BCUT2D eigenvalue weighted by atomic mass is 10.2. The van der Waals surface area contributed by atoms with Crippen molar-refractivity contribution in [3.05, 3.63) is 48.3 Å². The first-order chi connectivity index (χ1) is 9.75. The van der Waals surface area contributed by atoms with Gasteiger partial charge in [0.05, 0.1) is 13.2 Å². The molecule has 0 amide bonds. The van der Waals surface area contributed by atoms with Gasteiger partial charge in [-0.2, -0.15) is 0 Å². The maximum Gasteiger partial charge on any atom is 0.352 e. The molecule has 0 spiro atoms. The first kappa shape index (κ1) is 12.7. The summed E-state index contributed by atoms with van der Waals surface area (Å²) in [5.74, 6) is -0.924. The molecule has 0 unspecified atom stereocenters. The monoisotopic (exact) mass is 272 g/mol. The zero-order valence-corrected chi connectivity index (χ0v) is 11.0. The number of hydrogen-bond donors (Lipinski definition) is 1. The number of benzene rings is 1. The second-order valence-corrected chi connectivity index (χ2v) is 4.68. The third-order valence-corrected chi connectivity index (χ3v) is 3.47. The van der Waals surface area contributed by atoms with Crippen molar-refractivity contribution in [3.63, 3.8) is 0 Å². The van der Waals surface area contributed by atoms with Gasteiger partial charge in [-0.3, -0.25) is 0 Å². The minimum atomic E-state index is -0.924. The van der Waals surface area contributed by atoms with Crippen molar-refractivity contribution >= 4 is 11.7 Å². The topological polar surface area (TPSA) is 54.7 Å². The Morgan fingerprint density at radius 3 is 2.35 bits per heavy atom. The van der Waals surface area contributed by atoms with Crippen molar-refractivity contribution in [1.29, 1.82) is 0 Å². The van der Waals surface area contributed by atoms with Crippen LogP contribution in [0.1, 0.15) is 10.5 Å².